The van der Waals surface area contributed by atoms with Crippen LogP contribution in [0.2, 0.25) is 0 Å². The van der Waals surface area contributed by atoms with Gasteiger partial charge >= 0.3 is 5.97 Å². The fraction of sp³-hybridized carbons (Fsp3) is 0.150. The van der Waals surface area contributed by atoms with Crippen molar-refractivity contribution < 1.29 is 19.1 Å². The van der Waals surface area contributed by atoms with Crippen molar-refractivity contribution in [3.63, 3.8) is 0 Å². The molecule has 0 bridgehead atoms. The zero-order valence-corrected chi connectivity index (χ0v) is 16.3. The molecular weight excluding hydrogens is 412 g/mol. The Morgan fingerprint density at radius 3 is 2.44 bits per heavy atom. The largest absolute Gasteiger partial charge is 0.452 e. The van der Waals surface area contributed by atoms with E-state index in [0.29, 0.717) is 5.69 Å². The quantitative estimate of drug-likeness (QED) is 0.522. The van der Waals surface area contributed by atoms with E-state index in [0.717, 1.165) is 15.6 Å². The van der Waals surface area contributed by atoms with Crippen LogP contribution in [0.1, 0.15) is 11.1 Å². The van der Waals surface area contributed by atoms with Gasteiger partial charge in [-0.2, -0.15) is 0 Å². The zero-order valence-electron chi connectivity index (χ0n) is 14.7. The van der Waals surface area contributed by atoms with Crippen LogP contribution in [0, 0.1) is 6.92 Å². The van der Waals surface area contributed by atoms with Crippen molar-refractivity contribution in [2.75, 3.05) is 18.5 Å². The molecule has 0 radical (unpaired) electrons. The minimum atomic E-state index is -0.636. The Morgan fingerprint density at radius 1 is 1.04 bits per heavy atom. The lowest BCUT2D eigenvalue weighted by atomic mass is 10.1. The standard InChI is InChI=1S/C20H19BrN2O4/c1-14-6-8-15(9-7-14)10-11-20(26)27-13-19(25)22-12-18(24)23-17-5-3-2-4-16(17)21/h2-11H,12-13H2,1H3,(H,22,25)(H,23,24)/b11-10+. The summed E-state index contributed by atoms with van der Waals surface area (Å²) in [5.41, 5.74) is 2.57. The van der Waals surface area contributed by atoms with Gasteiger partial charge in [-0.05, 0) is 46.6 Å². The Bertz CT molecular complexity index is 847. The topological polar surface area (TPSA) is 84.5 Å². The van der Waals surface area contributed by atoms with E-state index in [-0.39, 0.29) is 12.5 Å². The normalized spacial score (nSPS) is 10.4. The Labute approximate surface area is 165 Å². The Hall–Kier alpha value is -2.93. The lowest BCUT2D eigenvalue weighted by Gasteiger charge is -2.08. The van der Waals surface area contributed by atoms with Crippen molar-refractivity contribution in [2.24, 2.45) is 0 Å². The molecule has 0 spiro atoms. The van der Waals surface area contributed by atoms with Crippen LogP contribution in [0.4, 0.5) is 5.69 Å². The van der Waals surface area contributed by atoms with E-state index in [4.69, 9.17) is 4.74 Å². The second kappa shape index (κ2) is 10.3. The number of halogens is 1. The maximum absolute atomic E-state index is 11.8. The van der Waals surface area contributed by atoms with Gasteiger partial charge in [0.1, 0.15) is 0 Å². The molecule has 0 aliphatic carbocycles. The van der Waals surface area contributed by atoms with Crippen molar-refractivity contribution in [3.8, 4) is 0 Å². The van der Waals surface area contributed by atoms with Gasteiger partial charge < -0.3 is 15.4 Å². The first-order valence-corrected chi connectivity index (χ1v) is 8.96. The summed E-state index contributed by atoms with van der Waals surface area (Å²) < 4.78 is 5.58. The highest BCUT2D eigenvalue weighted by Crippen LogP contribution is 2.20. The van der Waals surface area contributed by atoms with Crippen LogP contribution in [0.5, 0.6) is 0 Å². The lowest BCUT2D eigenvalue weighted by molar-refractivity contribution is -0.143. The molecule has 0 aliphatic heterocycles. The first kappa shape index (κ1) is 20.4. The number of hydrogen-bond acceptors (Lipinski definition) is 4. The minimum absolute atomic E-state index is 0.225. The second-order valence-electron chi connectivity index (χ2n) is 5.66. The summed E-state index contributed by atoms with van der Waals surface area (Å²) in [6, 6.07) is 14.7. The molecular formula is C20H19BrN2O4. The molecule has 0 heterocycles. The van der Waals surface area contributed by atoms with E-state index in [1.807, 2.05) is 37.3 Å². The van der Waals surface area contributed by atoms with Gasteiger partial charge in [-0.1, -0.05) is 42.0 Å². The van der Waals surface area contributed by atoms with Crippen LogP contribution in [0.15, 0.2) is 59.1 Å². The first-order chi connectivity index (χ1) is 12.9. The van der Waals surface area contributed by atoms with Gasteiger partial charge in [0.2, 0.25) is 5.91 Å². The van der Waals surface area contributed by atoms with Gasteiger partial charge in [-0.15, -0.1) is 0 Å². The molecule has 0 fully saturated rings. The van der Waals surface area contributed by atoms with Crippen LogP contribution in [-0.4, -0.2) is 30.9 Å². The van der Waals surface area contributed by atoms with Gasteiger partial charge in [0.15, 0.2) is 6.61 Å². The number of esters is 1. The summed E-state index contributed by atoms with van der Waals surface area (Å²) >= 11 is 3.31. The van der Waals surface area contributed by atoms with Crippen LogP contribution in [-0.2, 0) is 19.1 Å². The Kier molecular flexibility index (Phi) is 7.76. The second-order valence-corrected chi connectivity index (χ2v) is 6.51. The molecule has 6 nitrogen and oxygen atoms in total. The zero-order chi connectivity index (χ0) is 19.6. The van der Waals surface area contributed by atoms with Gasteiger partial charge in [0, 0.05) is 10.5 Å². The summed E-state index contributed by atoms with van der Waals surface area (Å²) in [6.45, 7) is 1.29. The van der Waals surface area contributed by atoms with Gasteiger partial charge in [0.05, 0.1) is 12.2 Å². The number of anilines is 1. The molecule has 0 atom stereocenters. The molecule has 0 aliphatic rings. The number of hydrogen-bond donors (Lipinski definition) is 2. The fourth-order valence-electron chi connectivity index (χ4n) is 2.01. The molecule has 27 heavy (non-hydrogen) atoms. The van der Waals surface area contributed by atoms with E-state index < -0.39 is 18.5 Å². The van der Waals surface area contributed by atoms with E-state index in [9.17, 15) is 14.4 Å². The number of para-hydroxylation sites is 1. The molecule has 2 rings (SSSR count). The average Bonchev–Trinajstić information content (AvgIpc) is 2.66. The van der Waals surface area contributed by atoms with Crippen LogP contribution in [0.3, 0.4) is 0 Å². The number of benzene rings is 2. The SMILES string of the molecule is Cc1ccc(/C=C/C(=O)OCC(=O)NCC(=O)Nc2ccccc2Br)cc1. The fourth-order valence-corrected chi connectivity index (χ4v) is 2.40. The number of amides is 2. The van der Waals surface area contributed by atoms with Crippen LogP contribution >= 0.6 is 15.9 Å². The summed E-state index contributed by atoms with van der Waals surface area (Å²) in [5, 5.41) is 5.04. The monoisotopic (exact) mass is 430 g/mol. The third kappa shape index (κ3) is 7.45. The van der Waals surface area contributed by atoms with Gasteiger partial charge in [-0.25, -0.2) is 4.79 Å². The highest BCUT2D eigenvalue weighted by Gasteiger charge is 2.09. The number of carbonyl (C=O) groups is 3. The molecule has 140 valence electrons. The molecule has 0 unspecified atom stereocenters. The van der Waals surface area contributed by atoms with Crippen molar-refractivity contribution in [3.05, 3.63) is 70.2 Å². The molecule has 0 aromatic heterocycles. The molecule has 2 amide bonds. The van der Waals surface area contributed by atoms with Crippen LogP contribution in [0.25, 0.3) is 6.08 Å². The van der Waals surface area contributed by atoms with Crippen molar-refractivity contribution in [1.82, 2.24) is 5.32 Å². The van der Waals surface area contributed by atoms with E-state index >= 15 is 0 Å². The maximum atomic E-state index is 11.8. The van der Waals surface area contributed by atoms with E-state index in [1.165, 1.54) is 6.08 Å². The summed E-state index contributed by atoms with van der Waals surface area (Å²) in [4.78, 5) is 35.1. The van der Waals surface area contributed by atoms with Crippen molar-refractivity contribution in [2.45, 2.75) is 6.92 Å². The van der Waals surface area contributed by atoms with Gasteiger partial charge in [-0.3, -0.25) is 9.59 Å². The molecule has 0 saturated heterocycles. The summed E-state index contributed by atoms with van der Waals surface area (Å²) in [6.07, 6.45) is 2.85. The van der Waals surface area contributed by atoms with Gasteiger partial charge in [0.25, 0.3) is 5.91 Å². The lowest BCUT2D eigenvalue weighted by Crippen LogP contribution is -2.35. The smallest absolute Gasteiger partial charge is 0.331 e. The summed E-state index contributed by atoms with van der Waals surface area (Å²) in [5.74, 6) is -1.58. The molecule has 2 aromatic rings. The number of aryl methyl sites for hydroxylation is 1. The molecule has 7 heteroatoms. The Morgan fingerprint density at radius 2 is 1.74 bits per heavy atom. The number of nitrogens with one attached hydrogen (secondary N) is 2. The number of ether oxygens (including phenoxy) is 1. The number of carbonyl (C=O) groups excluding carboxylic acids is 3. The third-order valence-corrected chi connectivity index (χ3v) is 4.12. The number of rotatable bonds is 7. The third-order valence-electron chi connectivity index (χ3n) is 3.43. The minimum Gasteiger partial charge on any atom is -0.452 e. The predicted octanol–water partition coefficient (Wildman–Crippen LogP) is 3.07. The van der Waals surface area contributed by atoms with E-state index in [2.05, 4.69) is 26.6 Å². The first-order valence-electron chi connectivity index (χ1n) is 8.16. The van der Waals surface area contributed by atoms with Crippen molar-refractivity contribution in [1.29, 1.82) is 0 Å². The average molecular weight is 431 g/mol. The predicted molar refractivity (Wildman–Crippen MR) is 107 cm³/mol. The highest BCUT2D eigenvalue weighted by molar-refractivity contribution is 9.10. The van der Waals surface area contributed by atoms with Crippen molar-refractivity contribution >= 4 is 45.5 Å². The van der Waals surface area contributed by atoms with E-state index in [1.54, 1.807) is 24.3 Å². The molecule has 0 saturated carbocycles. The Balaban J connectivity index is 1.69. The summed E-state index contributed by atoms with van der Waals surface area (Å²) in [7, 11) is 0. The highest BCUT2D eigenvalue weighted by atomic mass is 79.9. The maximum Gasteiger partial charge on any atom is 0.331 e. The molecule has 2 N–H and O–H groups in total. The molecule has 2 aromatic carbocycles. The van der Waals surface area contributed by atoms with Crippen LogP contribution < -0.4 is 10.6 Å².